The van der Waals surface area contributed by atoms with Crippen LogP contribution in [0.1, 0.15) is 42.4 Å². The summed E-state index contributed by atoms with van der Waals surface area (Å²) in [4.78, 5) is 13.3. The summed E-state index contributed by atoms with van der Waals surface area (Å²) >= 11 is 1.56. The van der Waals surface area contributed by atoms with Gasteiger partial charge < -0.3 is 5.32 Å². The molecule has 3 nitrogen and oxygen atoms in total. The number of thioether (sulfide) groups is 1. The van der Waals surface area contributed by atoms with Crippen LogP contribution >= 0.6 is 11.8 Å². The molecule has 0 aromatic heterocycles. The Morgan fingerprint density at radius 2 is 1.86 bits per heavy atom. The fourth-order valence-corrected chi connectivity index (χ4v) is 4.00. The Bertz CT molecular complexity index is 560. The van der Waals surface area contributed by atoms with Gasteiger partial charge in [0.2, 0.25) is 5.91 Å². The summed E-state index contributed by atoms with van der Waals surface area (Å²) in [5.41, 5.74) is 3.05. The van der Waals surface area contributed by atoms with Crippen molar-refractivity contribution >= 4 is 17.7 Å². The first-order chi connectivity index (χ1) is 9.96. The maximum absolute atomic E-state index is 12.1. The van der Waals surface area contributed by atoms with E-state index in [2.05, 4.69) is 44.3 Å². The molecule has 1 saturated carbocycles. The van der Waals surface area contributed by atoms with Crippen LogP contribution in [-0.2, 0) is 4.79 Å². The number of hydrogen-bond donors (Lipinski definition) is 1. The number of rotatable bonds is 4. The van der Waals surface area contributed by atoms with Gasteiger partial charge in [0.25, 0.3) is 0 Å². The first-order valence-electron chi connectivity index (χ1n) is 7.39. The van der Waals surface area contributed by atoms with Gasteiger partial charge in [-0.2, -0.15) is 5.26 Å². The van der Waals surface area contributed by atoms with Crippen molar-refractivity contribution in [2.75, 3.05) is 5.75 Å². The van der Waals surface area contributed by atoms with E-state index in [4.69, 9.17) is 0 Å². The van der Waals surface area contributed by atoms with E-state index in [1.807, 2.05) is 0 Å². The van der Waals surface area contributed by atoms with E-state index < -0.39 is 5.54 Å². The molecule has 112 valence electrons. The summed E-state index contributed by atoms with van der Waals surface area (Å²) in [6.07, 6.45) is 3.61. The molecule has 1 amide bonds. The van der Waals surface area contributed by atoms with Gasteiger partial charge in [-0.3, -0.25) is 4.79 Å². The molecule has 1 aliphatic rings. The van der Waals surface area contributed by atoms with Crippen molar-refractivity contribution < 1.29 is 4.79 Å². The Morgan fingerprint density at radius 1 is 1.29 bits per heavy atom. The number of carbonyl (C=O) groups is 1. The first kappa shape index (κ1) is 15.9. The smallest absolute Gasteiger partial charge is 0.231 e. The molecule has 1 aromatic carbocycles. The van der Waals surface area contributed by atoms with Gasteiger partial charge >= 0.3 is 0 Å². The quantitative estimate of drug-likeness (QED) is 0.864. The van der Waals surface area contributed by atoms with Crippen LogP contribution < -0.4 is 5.32 Å². The van der Waals surface area contributed by atoms with Gasteiger partial charge in [-0.15, -0.1) is 11.8 Å². The highest BCUT2D eigenvalue weighted by atomic mass is 32.2. The normalized spacial score (nSPS) is 16.5. The van der Waals surface area contributed by atoms with Crippen LogP contribution in [0.3, 0.4) is 0 Å². The van der Waals surface area contributed by atoms with Crippen LogP contribution in [-0.4, -0.2) is 17.2 Å². The van der Waals surface area contributed by atoms with Gasteiger partial charge in [0, 0.05) is 4.90 Å². The van der Waals surface area contributed by atoms with Crippen molar-refractivity contribution in [3.05, 3.63) is 28.8 Å². The average Bonchev–Trinajstić information content (AvgIpc) is 2.86. The standard InChI is InChI=1S/C17H22N2OS/c1-12-8-13(2)16(14(3)9-12)21-10-15(20)19-17(11-18)6-4-5-7-17/h8-9H,4-7,10H2,1-3H3,(H,19,20). The number of nitrogens with zero attached hydrogens (tertiary/aromatic N) is 1. The lowest BCUT2D eigenvalue weighted by Crippen LogP contribution is -2.45. The van der Waals surface area contributed by atoms with Crippen molar-refractivity contribution in [3.8, 4) is 6.07 Å². The van der Waals surface area contributed by atoms with Crippen LogP contribution in [0.25, 0.3) is 0 Å². The molecule has 0 aliphatic heterocycles. The molecule has 4 heteroatoms. The number of benzene rings is 1. The van der Waals surface area contributed by atoms with Crippen LogP contribution in [0.2, 0.25) is 0 Å². The third kappa shape index (κ3) is 3.79. The second-order valence-corrected chi connectivity index (χ2v) is 6.95. The molecule has 0 spiro atoms. The SMILES string of the molecule is Cc1cc(C)c(SCC(=O)NC2(C#N)CCCC2)c(C)c1. The summed E-state index contributed by atoms with van der Waals surface area (Å²) < 4.78 is 0. The zero-order valence-electron chi connectivity index (χ0n) is 13.0. The number of nitriles is 1. The van der Waals surface area contributed by atoms with Gasteiger partial charge in [-0.05, 0) is 57.6 Å². The Morgan fingerprint density at radius 3 is 2.38 bits per heavy atom. The maximum atomic E-state index is 12.1. The van der Waals surface area contributed by atoms with Gasteiger partial charge in [0.1, 0.15) is 5.54 Å². The largest absolute Gasteiger partial charge is 0.337 e. The van der Waals surface area contributed by atoms with E-state index in [-0.39, 0.29) is 5.91 Å². The lowest BCUT2D eigenvalue weighted by atomic mass is 10.0. The van der Waals surface area contributed by atoms with Crippen LogP contribution in [0.15, 0.2) is 17.0 Å². The maximum Gasteiger partial charge on any atom is 0.231 e. The molecule has 0 unspecified atom stereocenters. The Balaban J connectivity index is 1.97. The number of aryl methyl sites for hydroxylation is 3. The third-order valence-corrected chi connectivity index (χ3v) is 5.34. The third-order valence-electron chi connectivity index (χ3n) is 4.00. The lowest BCUT2D eigenvalue weighted by Gasteiger charge is -2.22. The zero-order valence-corrected chi connectivity index (χ0v) is 13.8. The van der Waals surface area contributed by atoms with Gasteiger partial charge in [0.15, 0.2) is 0 Å². The van der Waals surface area contributed by atoms with Gasteiger partial charge in [-0.1, -0.05) is 17.7 Å². The molecule has 21 heavy (non-hydrogen) atoms. The van der Waals surface area contributed by atoms with Crippen molar-refractivity contribution in [3.63, 3.8) is 0 Å². The molecule has 0 radical (unpaired) electrons. The molecular weight excluding hydrogens is 280 g/mol. The van der Waals surface area contributed by atoms with Crippen LogP contribution in [0.5, 0.6) is 0 Å². The monoisotopic (exact) mass is 302 g/mol. The number of carbonyl (C=O) groups excluding carboxylic acids is 1. The van der Waals surface area contributed by atoms with Gasteiger partial charge in [0.05, 0.1) is 11.8 Å². The Kier molecular flexibility index (Phi) is 4.95. The molecule has 0 bridgehead atoms. The molecule has 0 saturated heterocycles. The molecule has 0 atom stereocenters. The summed E-state index contributed by atoms with van der Waals surface area (Å²) in [6, 6.07) is 6.58. The van der Waals surface area contributed by atoms with E-state index in [9.17, 15) is 10.1 Å². The topological polar surface area (TPSA) is 52.9 Å². The predicted molar refractivity (Wildman–Crippen MR) is 86.3 cm³/mol. The number of amides is 1. The van der Waals surface area contributed by atoms with Crippen molar-refractivity contribution in [1.29, 1.82) is 5.26 Å². The highest BCUT2D eigenvalue weighted by molar-refractivity contribution is 8.00. The molecule has 2 rings (SSSR count). The Hall–Kier alpha value is -1.47. The van der Waals surface area contributed by atoms with E-state index in [0.717, 1.165) is 25.7 Å². The minimum absolute atomic E-state index is 0.0391. The average molecular weight is 302 g/mol. The molecule has 0 heterocycles. The fourth-order valence-electron chi connectivity index (χ4n) is 3.08. The van der Waals surface area contributed by atoms with Crippen LogP contribution in [0, 0.1) is 32.1 Å². The summed E-state index contributed by atoms with van der Waals surface area (Å²) in [5, 5.41) is 12.2. The second kappa shape index (κ2) is 6.53. The van der Waals surface area contributed by atoms with Crippen molar-refractivity contribution in [2.24, 2.45) is 0 Å². The van der Waals surface area contributed by atoms with Crippen LogP contribution in [0.4, 0.5) is 0 Å². The number of hydrogen-bond acceptors (Lipinski definition) is 3. The van der Waals surface area contributed by atoms with E-state index >= 15 is 0 Å². The minimum Gasteiger partial charge on any atom is -0.337 e. The summed E-state index contributed by atoms with van der Waals surface area (Å²) in [6.45, 7) is 6.24. The zero-order chi connectivity index (χ0) is 15.5. The lowest BCUT2D eigenvalue weighted by molar-refractivity contribution is -0.119. The first-order valence-corrected chi connectivity index (χ1v) is 8.37. The molecule has 1 fully saturated rings. The van der Waals surface area contributed by atoms with E-state index in [1.165, 1.54) is 21.6 Å². The van der Waals surface area contributed by atoms with Crippen molar-refractivity contribution in [2.45, 2.75) is 56.9 Å². The minimum atomic E-state index is -0.616. The highest BCUT2D eigenvalue weighted by Crippen LogP contribution is 2.30. The molecular formula is C17H22N2OS. The molecule has 1 aromatic rings. The van der Waals surface area contributed by atoms with E-state index in [1.54, 1.807) is 11.8 Å². The van der Waals surface area contributed by atoms with Crippen molar-refractivity contribution in [1.82, 2.24) is 5.32 Å². The number of nitrogens with one attached hydrogen (secondary N) is 1. The highest BCUT2D eigenvalue weighted by Gasteiger charge is 2.35. The summed E-state index contributed by atoms with van der Waals surface area (Å²) in [7, 11) is 0. The summed E-state index contributed by atoms with van der Waals surface area (Å²) in [5.74, 6) is 0.330. The fraction of sp³-hybridized carbons (Fsp3) is 0.529. The molecule has 1 aliphatic carbocycles. The van der Waals surface area contributed by atoms with E-state index in [0.29, 0.717) is 5.75 Å². The predicted octanol–water partition coefficient (Wildman–Crippen LogP) is 3.66. The second-order valence-electron chi connectivity index (χ2n) is 5.97. The Labute approximate surface area is 131 Å². The van der Waals surface area contributed by atoms with Gasteiger partial charge in [-0.25, -0.2) is 0 Å². The molecule has 1 N–H and O–H groups in total.